The highest BCUT2D eigenvalue weighted by molar-refractivity contribution is 7.99. The van der Waals surface area contributed by atoms with Crippen molar-refractivity contribution in [3.05, 3.63) is 60.5 Å². The van der Waals surface area contributed by atoms with Crippen molar-refractivity contribution in [3.63, 3.8) is 0 Å². The van der Waals surface area contributed by atoms with Crippen LogP contribution in [-0.2, 0) is 0 Å². The Hall–Kier alpha value is -2.27. The summed E-state index contributed by atoms with van der Waals surface area (Å²) in [5.41, 5.74) is 2.89. The minimum atomic E-state index is -0.247. The number of thioether (sulfide) groups is 1. The van der Waals surface area contributed by atoms with Gasteiger partial charge in [-0.3, -0.25) is 4.57 Å². The molecule has 24 heavy (non-hydrogen) atoms. The second kappa shape index (κ2) is 7.09. The van der Waals surface area contributed by atoms with Crippen LogP contribution in [0.25, 0.3) is 16.9 Å². The molecule has 1 aromatic heterocycles. The number of imidazole rings is 1. The fourth-order valence-electron chi connectivity index (χ4n) is 2.43. The molecule has 0 aliphatic heterocycles. The summed E-state index contributed by atoms with van der Waals surface area (Å²) in [6, 6.07) is 14.3. The van der Waals surface area contributed by atoms with Gasteiger partial charge in [-0.2, -0.15) is 0 Å². The van der Waals surface area contributed by atoms with Gasteiger partial charge in [0.2, 0.25) is 0 Å². The summed E-state index contributed by atoms with van der Waals surface area (Å²) in [6.07, 6.45) is 1.86. The summed E-state index contributed by atoms with van der Waals surface area (Å²) in [5, 5.41) is 1.29. The first-order chi connectivity index (χ1) is 11.6. The van der Waals surface area contributed by atoms with Crippen LogP contribution in [0.15, 0.2) is 59.9 Å². The molecule has 0 aliphatic rings. The fraction of sp³-hybridized carbons (Fsp3) is 0.211. The lowest BCUT2D eigenvalue weighted by atomic mass is 10.1. The number of methoxy groups -OCH3 is 1. The van der Waals surface area contributed by atoms with Gasteiger partial charge in [0.1, 0.15) is 11.6 Å². The highest BCUT2D eigenvalue weighted by Gasteiger charge is 2.15. The van der Waals surface area contributed by atoms with E-state index in [1.807, 2.05) is 30.5 Å². The van der Waals surface area contributed by atoms with Gasteiger partial charge in [0.15, 0.2) is 5.16 Å². The molecule has 0 bridgehead atoms. The Morgan fingerprint density at radius 1 is 1.04 bits per heavy atom. The molecule has 0 saturated carbocycles. The van der Waals surface area contributed by atoms with Gasteiger partial charge < -0.3 is 4.74 Å². The zero-order valence-corrected chi connectivity index (χ0v) is 14.7. The first-order valence-corrected chi connectivity index (χ1v) is 8.61. The molecule has 1 heterocycles. The van der Waals surface area contributed by atoms with E-state index in [4.69, 9.17) is 4.74 Å². The van der Waals surface area contributed by atoms with Crippen molar-refractivity contribution >= 4 is 11.8 Å². The maximum absolute atomic E-state index is 13.3. The van der Waals surface area contributed by atoms with Crippen LogP contribution in [0.3, 0.4) is 0 Å². The number of aromatic nitrogens is 2. The third kappa shape index (κ3) is 3.46. The summed E-state index contributed by atoms with van der Waals surface area (Å²) in [4.78, 5) is 4.57. The van der Waals surface area contributed by atoms with Gasteiger partial charge in [0, 0.05) is 16.5 Å². The van der Waals surface area contributed by atoms with Crippen LogP contribution in [0.4, 0.5) is 4.39 Å². The van der Waals surface area contributed by atoms with E-state index in [0.717, 1.165) is 27.9 Å². The zero-order valence-electron chi connectivity index (χ0n) is 13.9. The highest BCUT2D eigenvalue weighted by Crippen LogP contribution is 2.32. The van der Waals surface area contributed by atoms with Crippen molar-refractivity contribution in [1.29, 1.82) is 0 Å². The van der Waals surface area contributed by atoms with Crippen molar-refractivity contribution in [3.8, 4) is 22.7 Å². The molecule has 0 amide bonds. The van der Waals surface area contributed by atoms with Gasteiger partial charge in [-0.15, -0.1) is 0 Å². The first kappa shape index (κ1) is 16.6. The van der Waals surface area contributed by atoms with E-state index < -0.39 is 0 Å². The van der Waals surface area contributed by atoms with Crippen LogP contribution in [0.2, 0.25) is 0 Å². The molecule has 0 saturated heterocycles. The third-order valence-corrected chi connectivity index (χ3v) is 4.51. The summed E-state index contributed by atoms with van der Waals surface area (Å²) < 4.78 is 20.6. The summed E-state index contributed by atoms with van der Waals surface area (Å²) in [7, 11) is 1.65. The topological polar surface area (TPSA) is 27.1 Å². The predicted octanol–water partition coefficient (Wildman–Crippen LogP) is 5.19. The maximum atomic E-state index is 13.3. The highest BCUT2D eigenvalue weighted by atomic mass is 32.2. The van der Waals surface area contributed by atoms with Crippen LogP contribution in [-0.4, -0.2) is 21.9 Å². The largest absolute Gasteiger partial charge is 0.497 e. The molecule has 2 aromatic carbocycles. The normalized spacial score (nSPS) is 11.0. The minimum absolute atomic E-state index is 0.247. The van der Waals surface area contributed by atoms with E-state index in [-0.39, 0.29) is 5.82 Å². The molecule has 124 valence electrons. The van der Waals surface area contributed by atoms with E-state index >= 15 is 0 Å². The molecular formula is C19H19FN2OS. The lowest BCUT2D eigenvalue weighted by Gasteiger charge is -2.13. The standard InChI is InChI=1S/C19H19FN2OS/c1-13(2)24-19-21-12-18(14-4-10-17(23-3)11-5-14)22(19)16-8-6-15(20)7-9-16/h4-13H,1-3H3. The van der Waals surface area contributed by atoms with Crippen LogP contribution in [0.1, 0.15) is 13.8 Å². The second-order valence-electron chi connectivity index (χ2n) is 5.63. The van der Waals surface area contributed by atoms with Crippen molar-refractivity contribution < 1.29 is 9.13 Å². The maximum Gasteiger partial charge on any atom is 0.173 e. The second-order valence-corrected chi connectivity index (χ2v) is 7.18. The van der Waals surface area contributed by atoms with Gasteiger partial charge >= 0.3 is 0 Å². The Balaban J connectivity index is 2.11. The van der Waals surface area contributed by atoms with Crippen LogP contribution >= 0.6 is 11.8 Å². The molecule has 3 nitrogen and oxygen atoms in total. The summed E-state index contributed by atoms with van der Waals surface area (Å²) in [6.45, 7) is 4.25. The molecule has 0 N–H and O–H groups in total. The van der Waals surface area contributed by atoms with Gasteiger partial charge in [0.05, 0.1) is 19.0 Å². The lowest BCUT2D eigenvalue weighted by molar-refractivity contribution is 0.415. The molecule has 5 heteroatoms. The zero-order chi connectivity index (χ0) is 17.1. The SMILES string of the molecule is COc1ccc(-c2cnc(SC(C)C)n2-c2ccc(F)cc2)cc1. The number of nitrogens with zero attached hydrogens (tertiary/aromatic N) is 2. The van der Waals surface area contributed by atoms with Gasteiger partial charge in [-0.05, 0) is 48.5 Å². The predicted molar refractivity (Wildman–Crippen MR) is 96.5 cm³/mol. The van der Waals surface area contributed by atoms with Gasteiger partial charge in [-0.25, -0.2) is 9.37 Å². The summed E-state index contributed by atoms with van der Waals surface area (Å²) >= 11 is 1.68. The van der Waals surface area contributed by atoms with Gasteiger partial charge in [0.25, 0.3) is 0 Å². The molecule has 0 aliphatic carbocycles. The van der Waals surface area contributed by atoms with Crippen LogP contribution in [0, 0.1) is 5.82 Å². The average molecular weight is 342 g/mol. The number of ether oxygens (including phenoxy) is 1. The Morgan fingerprint density at radius 2 is 1.71 bits per heavy atom. The molecular weight excluding hydrogens is 323 g/mol. The van der Waals surface area contributed by atoms with Crippen molar-refractivity contribution in [2.45, 2.75) is 24.3 Å². The number of hydrogen-bond donors (Lipinski definition) is 0. The molecule has 0 radical (unpaired) electrons. The minimum Gasteiger partial charge on any atom is -0.497 e. The molecule has 3 rings (SSSR count). The van der Waals surface area contributed by atoms with E-state index in [2.05, 4.69) is 23.4 Å². The molecule has 0 atom stereocenters. The van der Waals surface area contributed by atoms with Crippen molar-refractivity contribution in [1.82, 2.24) is 9.55 Å². The number of benzene rings is 2. The number of rotatable bonds is 5. The van der Waals surface area contributed by atoms with Crippen molar-refractivity contribution in [2.75, 3.05) is 7.11 Å². The molecule has 0 spiro atoms. The van der Waals surface area contributed by atoms with E-state index in [9.17, 15) is 4.39 Å². The van der Waals surface area contributed by atoms with E-state index in [1.54, 1.807) is 31.0 Å². The Bertz CT molecular complexity index is 810. The summed E-state index contributed by atoms with van der Waals surface area (Å²) in [5.74, 6) is 0.561. The molecule has 0 unspecified atom stereocenters. The Labute approximate surface area is 145 Å². The number of hydrogen-bond acceptors (Lipinski definition) is 3. The Kier molecular flexibility index (Phi) is 4.90. The third-order valence-electron chi connectivity index (χ3n) is 3.54. The van der Waals surface area contributed by atoms with Crippen molar-refractivity contribution in [2.24, 2.45) is 0 Å². The fourth-order valence-corrected chi connectivity index (χ4v) is 3.28. The number of halogens is 1. The van der Waals surface area contributed by atoms with Gasteiger partial charge in [-0.1, -0.05) is 25.6 Å². The lowest BCUT2D eigenvalue weighted by Crippen LogP contribution is -2.01. The Morgan fingerprint density at radius 3 is 2.29 bits per heavy atom. The smallest absolute Gasteiger partial charge is 0.173 e. The van der Waals surface area contributed by atoms with E-state index in [1.165, 1.54) is 12.1 Å². The average Bonchev–Trinajstić information content (AvgIpc) is 2.98. The molecule has 3 aromatic rings. The monoisotopic (exact) mass is 342 g/mol. The van der Waals surface area contributed by atoms with E-state index in [0.29, 0.717) is 5.25 Å². The van der Waals surface area contributed by atoms with Crippen LogP contribution in [0.5, 0.6) is 5.75 Å². The quantitative estimate of drug-likeness (QED) is 0.597. The first-order valence-electron chi connectivity index (χ1n) is 7.73. The molecule has 0 fully saturated rings. The van der Waals surface area contributed by atoms with Crippen LogP contribution < -0.4 is 4.74 Å².